The molecule has 0 aliphatic carbocycles. The molecule has 0 bridgehead atoms. The van der Waals surface area contributed by atoms with Crippen LogP contribution in [0.2, 0.25) is 0 Å². The summed E-state index contributed by atoms with van der Waals surface area (Å²) in [6.45, 7) is 2.81. The highest BCUT2D eigenvalue weighted by Crippen LogP contribution is 2.34. The molecule has 86 valence electrons. The van der Waals surface area contributed by atoms with E-state index in [1.54, 1.807) is 0 Å². The molecular formula is C12H16N2O2. The van der Waals surface area contributed by atoms with Crippen LogP contribution in [-0.2, 0) is 4.79 Å². The number of nitrogens with two attached hydrogens (primary N) is 1. The van der Waals surface area contributed by atoms with Crippen molar-refractivity contribution in [2.45, 2.75) is 25.3 Å². The predicted molar refractivity (Wildman–Crippen MR) is 62.6 cm³/mol. The minimum Gasteiger partial charge on any atom is -0.480 e. The Morgan fingerprint density at radius 1 is 1.69 bits per heavy atom. The third-order valence-electron chi connectivity index (χ3n) is 3.04. The van der Waals surface area contributed by atoms with Gasteiger partial charge in [0.15, 0.2) is 0 Å². The number of hydrogen-bond donors (Lipinski definition) is 3. The molecular weight excluding hydrogens is 204 g/mol. The lowest BCUT2D eigenvalue weighted by Crippen LogP contribution is -2.32. The predicted octanol–water partition coefficient (Wildman–Crippen LogP) is 1.31. The van der Waals surface area contributed by atoms with E-state index in [9.17, 15) is 4.79 Å². The Bertz CT molecular complexity index is 417. The van der Waals surface area contributed by atoms with E-state index in [2.05, 4.69) is 11.4 Å². The van der Waals surface area contributed by atoms with Crippen LogP contribution in [0.4, 0.5) is 5.69 Å². The number of fused-ring (bicyclic) bond motifs is 1. The first kappa shape index (κ1) is 11.0. The van der Waals surface area contributed by atoms with Gasteiger partial charge in [0, 0.05) is 18.2 Å². The SMILES string of the molecule is Cc1ccc2c(c1)[C@@H](C[C@H](N)C(=O)O)CN2. The minimum absolute atomic E-state index is 0.209. The highest BCUT2D eigenvalue weighted by atomic mass is 16.4. The summed E-state index contributed by atoms with van der Waals surface area (Å²) in [6.07, 6.45) is 0.485. The first-order chi connectivity index (χ1) is 7.58. The normalized spacial score (nSPS) is 20.0. The Kier molecular flexibility index (Phi) is 2.83. The standard InChI is InChI=1S/C12H16N2O2/c1-7-2-3-11-9(4-7)8(6-14-11)5-10(13)12(15)16/h2-4,8,10,14H,5-6,13H2,1H3,(H,15,16)/t8-,10-/m0/s1. The number of carboxylic acids is 1. The van der Waals surface area contributed by atoms with Crippen molar-refractivity contribution < 1.29 is 9.90 Å². The zero-order valence-electron chi connectivity index (χ0n) is 9.23. The number of rotatable bonds is 3. The van der Waals surface area contributed by atoms with Crippen molar-refractivity contribution in [1.82, 2.24) is 0 Å². The third kappa shape index (κ3) is 2.02. The first-order valence-corrected chi connectivity index (χ1v) is 5.40. The molecule has 1 aliphatic heterocycles. The molecule has 0 spiro atoms. The molecule has 4 nitrogen and oxygen atoms in total. The topological polar surface area (TPSA) is 75.4 Å². The summed E-state index contributed by atoms with van der Waals surface area (Å²) in [4.78, 5) is 10.7. The van der Waals surface area contributed by atoms with E-state index in [-0.39, 0.29) is 5.92 Å². The monoisotopic (exact) mass is 220 g/mol. The fraction of sp³-hybridized carbons (Fsp3) is 0.417. The molecule has 0 radical (unpaired) electrons. The molecule has 0 saturated heterocycles. The van der Waals surface area contributed by atoms with Crippen molar-refractivity contribution in [2.24, 2.45) is 5.73 Å². The van der Waals surface area contributed by atoms with Crippen molar-refractivity contribution >= 4 is 11.7 Å². The Labute approximate surface area is 94.5 Å². The second kappa shape index (κ2) is 4.14. The average molecular weight is 220 g/mol. The van der Waals surface area contributed by atoms with Gasteiger partial charge in [0.05, 0.1) is 0 Å². The summed E-state index contributed by atoms with van der Waals surface area (Å²) >= 11 is 0. The smallest absolute Gasteiger partial charge is 0.320 e. The van der Waals surface area contributed by atoms with Crippen molar-refractivity contribution in [3.63, 3.8) is 0 Å². The van der Waals surface area contributed by atoms with Gasteiger partial charge in [-0.25, -0.2) is 0 Å². The van der Waals surface area contributed by atoms with E-state index < -0.39 is 12.0 Å². The number of carbonyl (C=O) groups is 1. The van der Waals surface area contributed by atoms with Gasteiger partial charge in [-0.15, -0.1) is 0 Å². The molecule has 2 atom stereocenters. The summed E-state index contributed by atoms with van der Waals surface area (Å²) in [7, 11) is 0. The fourth-order valence-electron chi connectivity index (χ4n) is 2.14. The number of hydrogen-bond acceptors (Lipinski definition) is 3. The zero-order chi connectivity index (χ0) is 11.7. The van der Waals surface area contributed by atoms with Gasteiger partial charge >= 0.3 is 5.97 Å². The highest BCUT2D eigenvalue weighted by Gasteiger charge is 2.26. The van der Waals surface area contributed by atoms with E-state index >= 15 is 0 Å². The van der Waals surface area contributed by atoms with Crippen molar-refractivity contribution in [3.05, 3.63) is 29.3 Å². The van der Waals surface area contributed by atoms with Crippen LogP contribution < -0.4 is 11.1 Å². The molecule has 1 heterocycles. The van der Waals surface area contributed by atoms with Crippen LogP contribution in [0.15, 0.2) is 18.2 Å². The van der Waals surface area contributed by atoms with Crippen LogP contribution in [0.1, 0.15) is 23.5 Å². The van der Waals surface area contributed by atoms with Crippen LogP contribution in [-0.4, -0.2) is 23.7 Å². The van der Waals surface area contributed by atoms with Crippen LogP contribution in [0.25, 0.3) is 0 Å². The van der Waals surface area contributed by atoms with Gasteiger partial charge in [0.25, 0.3) is 0 Å². The molecule has 0 saturated carbocycles. The van der Waals surface area contributed by atoms with Crippen LogP contribution in [0.5, 0.6) is 0 Å². The van der Waals surface area contributed by atoms with E-state index in [1.165, 1.54) is 11.1 Å². The lowest BCUT2D eigenvalue weighted by molar-refractivity contribution is -0.138. The van der Waals surface area contributed by atoms with Crippen molar-refractivity contribution in [2.75, 3.05) is 11.9 Å². The van der Waals surface area contributed by atoms with E-state index in [0.29, 0.717) is 6.42 Å². The van der Waals surface area contributed by atoms with Gasteiger partial charge < -0.3 is 16.2 Å². The zero-order valence-corrected chi connectivity index (χ0v) is 9.23. The van der Waals surface area contributed by atoms with Crippen LogP contribution in [0, 0.1) is 6.92 Å². The second-order valence-electron chi connectivity index (χ2n) is 4.35. The Morgan fingerprint density at radius 2 is 2.44 bits per heavy atom. The third-order valence-corrected chi connectivity index (χ3v) is 3.04. The quantitative estimate of drug-likeness (QED) is 0.717. The molecule has 0 unspecified atom stereocenters. The maximum atomic E-state index is 10.7. The van der Waals surface area contributed by atoms with Gasteiger partial charge in [-0.1, -0.05) is 17.7 Å². The van der Waals surface area contributed by atoms with E-state index in [4.69, 9.17) is 10.8 Å². The summed E-state index contributed by atoms with van der Waals surface area (Å²) in [5.74, 6) is -0.720. The number of aliphatic carboxylic acids is 1. The number of carboxylic acid groups (broad SMARTS) is 1. The van der Waals surface area contributed by atoms with E-state index in [0.717, 1.165) is 12.2 Å². The van der Waals surface area contributed by atoms with Gasteiger partial charge in [0.2, 0.25) is 0 Å². The second-order valence-corrected chi connectivity index (χ2v) is 4.35. The van der Waals surface area contributed by atoms with Crippen LogP contribution >= 0.6 is 0 Å². The van der Waals surface area contributed by atoms with Gasteiger partial charge in [-0.05, 0) is 25.0 Å². The molecule has 0 amide bonds. The number of aryl methyl sites for hydroxylation is 1. The van der Waals surface area contributed by atoms with Crippen LogP contribution in [0.3, 0.4) is 0 Å². The number of anilines is 1. The summed E-state index contributed by atoms with van der Waals surface area (Å²) in [6, 6.07) is 5.41. The lowest BCUT2D eigenvalue weighted by atomic mass is 9.93. The number of benzene rings is 1. The molecule has 0 fully saturated rings. The Balaban J connectivity index is 2.17. The fourth-order valence-corrected chi connectivity index (χ4v) is 2.14. The average Bonchev–Trinajstić information content (AvgIpc) is 2.61. The molecule has 1 aromatic rings. The molecule has 1 aromatic carbocycles. The first-order valence-electron chi connectivity index (χ1n) is 5.40. The largest absolute Gasteiger partial charge is 0.480 e. The maximum absolute atomic E-state index is 10.7. The summed E-state index contributed by atoms with van der Waals surface area (Å²) in [5, 5.41) is 12.1. The van der Waals surface area contributed by atoms with Gasteiger partial charge in [-0.2, -0.15) is 0 Å². The molecule has 4 heteroatoms. The Morgan fingerprint density at radius 3 is 3.12 bits per heavy atom. The van der Waals surface area contributed by atoms with Gasteiger partial charge in [-0.3, -0.25) is 4.79 Å². The molecule has 2 rings (SSSR count). The summed E-state index contributed by atoms with van der Waals surface area (Å²) < 4.78 is 0. The molecule has 1 aliphatic rings. The molecule has 16 heavy (non-hydrogen) atoms. The Hall–Kier alpha value is -1.55. The number of nitrogens with one attached hydrogen (secondary N) is 1. The molecule has 0 aromatic heterocycles. The van der Waals surface area contributed by atoms with Gasteiger partial charge in [0.1, 0.15) is 6.04 Å². The highest BCUT2D eigenvalue weighted by molar-refractivity contribution is 5.73. The summed E-state index contributed by atoms with van der Waals surface area (Å²) in [5.41, 5.74) is 9.05. The minimum atomic E-state index is -0.930. The van der Waals surface area contributed by atoms with E-state index in [1.807, 2.05) is 19.1 Å². The maximum Gasteiger partial charge on any atom is 0.320 e. The van der Waals surface area contributed by atoms with Crippen molar-refractivity contribution in [1.29, 1.82) is 0 Å². The lowest BCUT2D eigenvalue weighted by Gasteiger charge is -2.13. The molecule has 4 N–H and O–H groups in total. The van der Waals surface area contributed by atoms with Crippen molar-refractivity contribution in [3.8, 4) is 0 Å².